The van der Waals surface area contributed by atoms with Crippen LogP contribution in [-0.4, -0.2) is 31.9 Å². The number of aromatic nitrogens is 1. The normalized spacial score (nSPS) is 16.0. The molecule has 6 nitrogen and oxygen atoms in total. The standard InChI is InChI=1S/C28H25ClFN3O3S/c1-2-3-18-10-12-31-17-24(18)21-6-9-27(25(30)16-21)33-13-11-26(28(33)34)32-37(35,36)23-8-5-19-14-22(29)7-4-20(19)15-23/h4-10,12,14-17,26,32H,2-3,11,13H2,1H3/t26-/m0/s1. The second-order valence-electron chi connectivity index (χ2n) is 9.05. The first-order chi connectivity index (χ1) is 17.8. The predicted molar refractivity (Wildman–Crippen MR) is 144 cm³/mol. The van der Waals surface area contributed by atoms with E-state index in [2.05, 4.69) is 16.6 Å². The molecule has 0 saturated carbocycles. The highest BCUT2D eigenvalue weighted by Crippen LogP contribution is 2.31. The van der Waals surface area contributed by atoms with Crippen LogP contribution in [0.15, 0.2) is 78.0 Å². The highest BCUT2D eigenvalue weighted by molar-refractivity contribution is 7.89. The Balaban J connectivity index is 1.35. The molecule has 37 heavy (non-hydrogen) atoms. The molecule has 190 valence electrons. The molecule has 2 heterocycles. The van der Waals surface area contributed by atoms with Gasteiger partial charge in [0, 0.05) is 29.5 Å². The summed E-state index contributed by atoms with van der Waals surface area (Å²) in [5, 5.41) is 2.08. The van der Waals surface area contributed by atoms with Gasteiger partial charge in [-0.3, -0.25) is 9.78 Å². The minimum Gasteiger partial charge on any atom is -0.308 e. The highest BCUT2D eigenvalue weighted by atomic mass is 35.5. The minimum atomic E-state index is -3.98. The quantitative estimate of drug-likeness (QED) is 0.326. The van der Waals surface area contributed by atoms with Crippen LogP contribution in [0.25, 0.3) is 21.9 Å². The third kappa shape index (κ3) is 5.09. The predicted octanol–water partition coefficient (Wildman–Crippen LogP) is 5.73. The number of nitrogens with zero attached hydrogens (tertiary/aromatic N) is 2. The van der Waals surface area contributed by atoms with E-state index in [9.17, 15) is 13.2 Å². The van der Waals surface area contributed by atoms with Gasteiger partial charge in [0.15, 0.2) is 0 Å². The molecule has 0 radical (unpaired) electrons. The number of rotatable bonds is 7. The lowest BCUT2D eigenvalue weighted by Crippen LogP contribution is -2.41. The van der Waals surface area contributed by atoms with E-state index in [4.69, 9.17) is 11.6 Å². The summed E-state index contributed by atoms with van der Waals surface area (Å²) in [6, 6.07) is 15.5. The van der Waals surface area contributed by atoms with E-state index in [0.29, 0.717) is 16.0 Å². The van der Waals surface area contributed by atoms with Crippen molar-refractivity contribution in [2.45, 2.75) is 37.1 Å². The molecule has 1 fully saturated rings. The molecule has 0 aliphatic carbocycles. The van der Waals surface area contributed by atoms with Crippen LogP contribution < -0.4 is 9.62 Å². The van der Waals surface area contributed by atoms with Gasteiger partial charge < -0.3 is 4.90 Å². The Morgan fingerprint density at radius 1 is 1.08 bits per heavy atom. The lowest BCUT2D eigenvalue weighted by atomic mass is 9.98. The van der Waals surface area contributed by atoms with Gasteiger partial charge in [0.25, 0.3) is 0 Å². The third-order valence-corrected chi connectivity index (χ3v) is 8.27. The van der Waals surface area contributed by atoms with Gasteiger partial charge in [-0.25, -0.2) is 12.8 Å². The zero-order chi connectivity index (χ0) is 26.2. The number of hydrogen-bond acceptors (Lipinski definition) is 4. The second kappa shape index (κ2) is 10.2. The number of aryl methyl sites for hydroxylation is 1. The zero-order valence-corrected chi connectivity index (χ0v) is 21.7. The molecule has 4 aromatic rings. The maximum Gasteiger partial charge on any atom is 0.245 e. The lowest BCUT2D eigenvalue weighted by Gasteiger charge is -2.19. The number of pyridine rings is 1. The Morgan fingerprint density at radius 3 is 2.65 bits per heavy atom. The number of halogens is 2. The monoisotopic (exact) mass is 537 g/mol. The van der Waals surface area contributed by atoms with Crippen LogP contribution >= 0.6 is 11.6 Å². The average Bonchev–Trinajstić information content (AvgIpc) is 3.23. The number of nitrogens with one attached hydrogen (secondary N) is 1. The topological polar surface area (TPSA) is 79.4 Å². The van der Waals surface area contributed by atoms with Gasteiger partial charge in [0.2, 0.25) is 15.9 Å². The summed E-state index contributed by atoms with van der Waals surface area (Å²) in [5.74, 6) is -1.04. The van der Waals surface area contributed by atoms with Gasteiger partial charge in [-0.05, 0) is 77.2 Å². The summed E-state index contributed by atoms with van der Waals surface area (Å²) in [4.78, 5) is 18.6. The molecule has 1 aliphatic rings. The number of carbonyl (C=O) groups excluding carboxylic acids is 1. The van der Waals surface area contributed by atoms with Crippen LogP contribution in [-0.2, 0) is 21.2 Å². The van der Waals surface area contributed by atoms with Crippen molar-refractivity contribution >= 4 is 44.0 Å². The van der Waals surface area contributed by atoms with E-state index in [-0.39, 0.29) is 23.5 Å². The smallest absolute Gasteiger partial charge is 0.245 e. The molecule has 1 aromatic heterocycles. The molecular formula is C28H25ClFN3O3S. The van der Waals surface area contributed by atoms with Gasteiger partial charge in [0.05, 0.1) is 10.6 Å². The van der Waals surface area contributed by atoms with Crippen molar-refractivity contribution in [3.63, 3.8) is 0 Å². The van der Waals surface area contributed by atoms with Crippen molar-refractivity contribution in [3.8, 4) is 11.1 Å². The SMILES string of the molecule is CCCc1ccncc1-c1ccc(N2CC[C@H](NS(=O)(=O)c3ccc4cc(Cl)ccc4c3)C2=O)c(F)c1. The van der Waals surface area contributed by atoms with Crippen molar-refractivity contribution in [2.24, 2.45) is 0 Å². The summed E-state index contributed by atoms with van der Waals surface area (Å²) in [6.45, 7) is 2.28. The van der Waals surface area contributed by atoms with E-state index in [1.54, 1.807) is 48.8 Å². The molecule has 1 N–H and O–H groups in total. The van der Waals surface area contributed by atoms with Gasteiger partial charge in [-0.15, -0.1) is 0 Å². The molecule has 0 unspecified atom stereocenters. The third-order valence-electron chi connectivity index (χ3n) is 6.57. The Bertz CT molecular complexity index is 1610. The van der Waals surface area contributed by atoms with Crippen LogP contribution in [0.2, 0.25) is 5.02 Å². The Hall–Kier alpha value is -3.33. The summed E-state index contributed by atoms with van der Waals surface area (Å²) < 4.78 is 43.8. The molecule has 0 spiro atoms. The van der Waals surface area contributed by atoms with Gasteiger partial charge in [-0.1, -0.05) is 43.1 Å². The number of benzene rings is 3. The fourth-order valence-electron chi connectivity index (χ4n) is 4.71. The van der Waals surface area contributed by atoms with E-state index in [1.807, 2.05) is 6.07 Å². The Morgan fingerprint density at radius 2 is 1.86 bits per heavy atom. The molecule has 9 heteroatoms. The molecule has 1 amide bonds. The first kappa shape index (κ1) is 25.3. The summed E-state index contributed by atoms with van der Waals surface area (Å²) >= 11 is 6.01. The fourth-order valence-corrected chi connectivity index (χ4v) is 6.15. The highest BCUT2D eigenvalue weighted by Gasteiger charge is 2.36. The molecule has 1 atom stereocenters. The van der Waals surface area contributed by atoms with E-state index in [1.165, 1.54) is 23.1 Å². The minimum absolute atomic E-state index is 0.0449. The molecule has 1 aliphatic heterocycles. The summed E-state index contributed by atoms with van der Waals surface area (Å²) in [7, 11) is -3.98. The van der Waals surface area contributed by atoms with Crippen molar-refractivity contribution in [2.75, 3.05) is 11.4 Å². The molecule has 3 aromatic carbocycles. The molecular weight excluding hydrogens is 513 g/mol. The first-order valence-electron chi connectivity index (χ1n) is 12.0. The number of carbonyl (C=O) groups is 1. The van der Waals surface area contributed by atoms with Crippen LogP contribution in [0.5, 0.6) is 0 Å². The van der Waals surface area contributed by atoms with Crippen LogP contribution in [0.1, 0.15) is 25.3 Å². The van der Waals surface area contributed by atoms with Crippen LogP contribution in [0.4, 0.5) is 10.1 Å². The Labute approximate surface area is 220 Å². The van der Waals surface area contributed by atoms with E-state index in [0.717, 1.165) is 29.4 Å². The lowest BCUT2D eigenvalue weighted by molar-refractivity contribution is -0.118. The van der Waals surface area contributed by atoms with E-state index >= 15 is 4.39 Å². The largest absolute Gasteiger partial charge is 0.308 e. The maximum absolute atomic E-state index is 15.2. The van der Waals surface area contributed by atoms with Crippen LogP contribution in [0, 0.1) is 5.82 Å². The number of fused-ring (bicyclic) bond motifs is 1. The van der Waals surface area contributed by atoms with Crippen LogP contribution in [0.3, 0.4) is 0 Å². The number of sulfonamides is 1. The molecule has 0 bridgehead atoms. The second-order valence-corrected chi connectivity index (χ2v) is 11.2. The molecule has 5 rings (SSSR count). The maximum atomic E-state index is 15.2. The summed E-state index contributed by atoms with van der Waals surface area (Å²) in [6.07, 6.45) is 5.46. The van der Waals surface area contributed by atoms with Crippen molar-refractivity contribution in [3.05, 3.63) is 89.5 Å². The van der Waals surface area contributed by atoms with Gasteiger partial charge >= 0.3 is 0 Å². The van der Waals surface area contributed by atoms with Gasteiger partial charge in [0.1, 0.15) is 11.9 Å². The first-order valence-corrected chi connectivity index (χ1v) is 13.9. The van der Waals surface area contributed by atoms with E-state index < -0.39 is 27.8 Å². The van der Waals surface area contributed by atoms with Crippen molar-refractivity contribution in [1.82, 2.24) is 9.71 Å². The fraction of sp³-hybridized carbons (Fsp3) is 0.214. The van der Waals surface area contributed by atoms with Crippen molar-refractivity contribution in [1.29, 1.82) is 0 Å². The average molecular weight is 538 g/mol. The van der Waals surface area contributed by atoms with Crippen molar-refractivity contribution < 1.29 is 17.6 Å². The molecule has 1 saturated heterocycles. The number of anilines is 1. The zero-order valence-electron chi connectivity index (χ0n) is 20.1. The summed E-state index contributed by atoms with van der Waals surface area (Å²) in [5.41, 5.74) is 2.73. The number of amides is 1. The van der Waals surface area contributed by atoms with Gasteiger partial charge in [-0.2, -0.15) is 4.72 Å². The number of hydrogen-bond donors (Lipinski definition) is 1. The Kier molecular flexibility index (Phi) is 6.98.